The van der Waals surface area contributed by atoms with E-state index >= 15 is 0 Å². The molecule has 0 bridgehead atoms. The SMILES string of the molecule is CCc1ccc(C(C)Nc2ccc([N+](=O)[O-])c(N)c2)cc1. The number of hydrogen-bond acceptors (Lipinski definition) is 4. The molecule has 21 heavy (non-hydrogen) atoms. The minimum absolute atomic E-state index is 0.0690. The van der Waals surface area contributed by atoms with Crippen molar-refractivity contribution in [2.75, 3.05) is 11.1 Å². The molecule has 0 saturated heterocycles. The van der Waals surface area contributed by atoms with E-state index in [1.54, 1.807) is 12.1 Å². The van der Waals surface area contributed by atoms with Gasteiger partial charge in [-0.2, -0.15) is 0 Å². The van der Waals surface area contributed by atoms with Gasteiger partial charge in [0.05, 0.1) is 4.92 Å². The molecule has 0 aliphatic carbocycles. The van der Waals surface area contributed by atoms with Crippen molar-refractivity contribution in [2.45, 2.75) is 26.3 Å². The summed E-state index contributed by atoms with van der Waals surface area (Å²) in [5.41, 5.74) is 9.01. The van der Waals surface area contributed by atoms with Gasteiger partial charge in [0.1, 0.15) is 5.69 Å². The number of benzene rings is 2. The van der Waals surface area contributed by atoms with Crippen LogP contribution in [-0.4, -0.2) is 4.92 Å². The quantitative estimate of drug-likeness (QED) is 0.495. The Kier molecular flexibility index (Phi) is 4.42. The van der Waals surface area contributed by atoms with Crippen LogP contribution < -0.4 is 11.1 Å². The molecule has 0 aliphatic heterocycles. The van der Waals surface area contributed by atoms with Gasteiger partial charge in [-0.25, -0.2) is 0 Å². The summed E-state index contributed by atoms with van der Waals surface area (Å²) in [7, 11) is 0. The molecule has 0 saturated carbocycles. The molecule has 0 aliphatic rings. The van der Waals surface area contributed by atoms with Crippen LogP contribution in [0.1, 0.15) is 31.0 Å². The summed E-state index contributed by atoms with van der Waals surface area (Å²) in [5, 5.41) is 14.0. The minimum atomic E-state index is -0.480. The van der Waals surface area contributed by atoms with Gasteiger partial charge in [-0.15, -0.1) is 0 Å². The number of nitro groups is 1. The standard InChI is InChI=1S/C16H19N3O2/c1-3-12-4-6-13(7-5-12)11(2)18-14-8-9-16(19(20)21)15(17)10-14/h4-11,18H,3,17H2,1-2H3. The van der Waals surface area contributed by atoms with E-state index in [4.69, 9.17) is 5.73 Å². The van der Waals surface area contributed by atoms with E-state index in [9.17, 15) is 10.1 Å². The third-order valence-electron chi connectivity index (χ3n) is 3.50. The molecule has 3 N–H and O–H groups in total. The normalized spacial score (nSPS) is 11.9. The summed E-state index contributed by atoms with van der Waals surface area (Å²) < 4.78 is 0. The molecule has 1 atom stereocenters. The minimum Gasteiger partial charge on any atom is -0.393 e. The number of nitrogens with two attached hydrogens (primary N) is 1. The Morgan fingerprint density at radius 3 is 2.43 bits per heavy atom. The van der Waals surface area contributed by atoms with E-state index in [2.05, 4.69) is 36.5 Å². The van der Waals surface area contributed by atoms with Gasteiger partial charge in [-0.1, -0.05) is 31.2 Å². The van der Waals surface area contributed by atoms with E-state index in [1.807, 2.05) is 6.92 Å². The number of nitro benzene ring substituents is 1. The molecule has 0 fully saturated rings. The van der Waals surface area contributed by atoms with Crippen molar-refractivity contribution in [3.05, 3.63) is 63.7 Å². The van der Waals surface area contributed by atoms with Crippen molar-refractivity contribution in [2.24, 2.45) is 0 Å². The third-order valence-corrected chi connectivity index (χ3v) is 3.50. The summed E-state index contributed by atoms with van der Waals surface area (Å²) >= 11 is 0. The highest BCUT2D eigenvalue weighted by molar-refractivity contribution is 5.66. The molecule has 2 rings (SSSR count). The van der Waals surface area contributed by atoms with Gasteiger partial charge in [-0.3, -0.25) is 10.1 Å². The number of hydrogen-bond donors (Lipinski definition) is 2. The number of rotatable bonds is 5. The van der Waals surface area contributed by atoms with Gasteiger partial charge in [-0.05, 0) is 36.6 Å². The maximum atomic E-state index is 10.7. The van der Waals surface area contributed by atoms with E-state index in [0.29, 0.717) is 0 Å². The number of aryl methyl sites for hydroxylation is 1. The first kappa shape index (κ1) is 14.8. The molecular formula is C16H19N3O2. The summed E-state index contributed by atoms with van der Waals surface area (Å²) in [6.07, 6.45) is 1.01. The van der Waals surface area contributed by atoms with Gasteiger partial charge in [0.25, 0.3) is 5.69 Å². The first-order valence-corrected chi connectivity index (χ1v) is 6.90. The zero-order chi connectivity index (χ0) is 15.4. The molecule has 0 spiro atoms. The van der Waals surface area contributed by atoms with E-state index in [1.165, 1.54) is 11.6 Å². The van der Waals surface area contributed by atoms with Crippen LogP contribution in [0, 0.1) is 10.1 Å². The summed E-state index contributed by atoms with van der Waals surface area (Å²) in [5.74, 6) is 0. The molecule has 5 nitrogen and oxygen atoms in total. The maximum absolute atomic E-state index is 10.7. The number of nitrogens with one attached hydrogen (secondary N) is 1. The number of nitrogens with zero attached hydrogens (tertiary/aromatic N) is 1. The van der Waals surface area contributed by atoms with Crippen LogP contribution in [0.4, 0.5) is 17.1 Å². The van der Waals surface area contributed by atoms with Crippen molar-refractivity contribution in [1.82, 2.24) is 0 Å². The lowest BCUT2D eigenvalue weighted by Gasteiger charge is -2.16. The highest BCUT2D eigenvalue weighted by atomic mass is 16.6. The molecule has 0 aromatic heterocycles. The van der Waals surface area contributed by atoms with Crippen molar-refractivity contribution in [1.29, 1.82) is 0 Å². The second kappa shape index (κ2) is 6.26. The van der Waals surface area contributed by atoms with Crippen LogP contribution in [0.2, 0.25) is 0 Å². The Morgan fingerprint density at radius 1 is 1.24 bits per heavy atom. The predicted octanol–water partition coefficient (Wildman–Crippen LogP) is 3.91. The van der Waals surface area contributed by atoms with Crippen LogP contribution in [0.5, 0.6) is 0 Å². The average Bonchev–Trinajstić information content (AvgIpc) is 2.47. The topological polar surface area (TPSA) is 81.2 Å². The van der Waals surface area contributed by atoms with Crippen LogP contribution in [-0.2, 0) is 6.42 Å². The third kappa shape index (κ3) is 3.51. The average molecular weight is 285 g/mol. The fourth-order valence-corrected chi connectivity index (χ4v) is 2.19. The van der Waals surface area contributed by atoms with Gasteiger partial charge in [0.2, 0.25) is 0 Å². The first-order valence-electron chi connectivity index (χ1n) is 6.90. The van der Waals surface area contributed by atoms with Crippen molar-refractivity contribution < 1.29 is 4.92 Å². The van der Waals surface area contributed by atoms with Gasteiger partial charge in [0.15, 0.2) is 0 Å². The monoisotopic (exact) mass is 285 g/mol. The smallest absolute Gasteiger partial charge is 0.292 e. The Balaban J connectivity index is 2.13. The van der Waals surface area contributed by atoms with Gasteiger partial charge >= 0.3 is 0 Å². The first-order chi connectivity index (χ1) is 10.0. The Hall–Kier alpha value is -2.56. The fourth-order valence-electron chi connectivity index (χ4n) is 2.19. The molecule has 0 heterocycles. The van der Waals surface area contributed by atoms with Crippen LogP contribution in [0.3, 0.4) is 0 Å². The van der Waals surface area contributed by atoms with Crippen LogP contribution >= 0.6 is 0 Å². The summed E-state index contributed by atoms with van der Waals surface area (Å²) in [6, 6.07) is 13.2. The summed E-state index contributed by atoms with van der Waals surface area (Å²) in [4.78, 5) is 10.3. The van der Waals surface area contributed by atoms with E-state index < -0.39 is 4.92 Å². The number of nitrogen functional groups attached to an aromatic ring is 1. The Bertz CT molecular complexity index is 638. The lowest BCUT2D eigenvalue weighted by atomic mass is 10.0. The molecular weight excluding hydrogens is 266 g/mol. The predicted molar refractivity (Wildman–Crippen MR) is 85.4 cm³/mol. The Labute approximate surface area is 123 Å². The molecule has 0 radical (unpaired) electrons. The molecule has 110 valence electrons. The van der Waals surface area contributed by atoms with Gasteiger partial charge < -0.3 is 11.1 Å². The maximum Gasteiger partial charge on any atom is 0.292 e. The molecule has 2 aromatic rings. The molecule has 2 aromatic carbocycles. The zero-order valence-electron chi connectivity index (χ0n) is 12.2. The summed E-state index contributed by atoms with van der Waals surface area (Å²) in [6.45, 7) is 4.16. The number of anilines is 2. The van der Waals surface area contributed by atoms with E-state index in [-0.39, 0.29) is 17.4 Å². The molecule has 0 amide bonds. The Morgan fingerprint density at radius 2 is 1.90 bits per heavy atom. The van der Waals surface area contributed by atoms with Gasteiger partial charge in [0, 0.05) is 17.8 Å². The zero-order valence-corrected chi connectivity index (χ0v) is 12.2. The second-order valence-corrected chi connectivity index (χ2v) is 4.99. The highest BCUT2D eigenvalue weighted by Gasteiger charge is 2.12. The van der Waals surface area contributed by atoms with Crippen molar-refractivity contribution in [3.63, 3.8) is 0 Å². The van der Waals surface area contributed by atoms with Crippen LogP contribution in [0.15, 0.2) is 42.5 Å². The van der Waals surface area contributed by atoms with Crippen LogP contribution in [0.25, 0.3) is 0 Å². The second-order valence-electron chi connectivity index (χ2n) is 4.99. The largest absolute Gasteiger partial charge is 0.393 e. The molecule has 5 heteroatoms. The van der Waals surface area contributed by atoms with Crippen molar-refractivity contribution in [3.8, 4) is 0 Å². The molecule has 1 unspecified atom stereocenters. The van der Waals surface area contributed by atoms with Crippen molar-refractivity contribution >= 4 is 17.1 Å². The van der Waals surface area contributed by atoms with E-state index in [0.717, 1.165) is 17.7 Å². The lowest BCUT2D eigenvalue weighted by molar-refractivity contribution is -0.383. The lowest BCUT2D eigenvalue weighted by Crippen LogP contribution is -2.07. The fraction of sp³-hybridized carbons (Fsp3) is 0.250. The highest BCUT2D eigenvalue weighted by Crippen LogP contribution is 2.27.